The van der Waals surface area contributed by atoms with Crippen LogP contribution in [0.4, 0.5) is 0 Å². The largest absolute Gasteiger partial charge is 0.491 e. The molecule has 5 nitrogen and oxygen atoms in total. The maximum atomic E-state index is 10.6. The van der Waals surface area contributed by atoms with E-state index in [1.807, 2.05) is 36.4 Å². The lowest BCUT2D eigenvalue weighted by Gasteiger charge is -2.15. The summed E-state index contributed by atoms with van der Waals surface area (Å²) in [6.07, 6.45) is 0.827. The zero-order chi connectivity index (χ0) is 20.9. The van der Waals surface area contributed by atoms with Gasteiger partial charge in [-0.1, -0.05) is 48.5 Å². The Morgan fingerprint density at radius 2 is 1.47 bits per heavy atom. The predicted octanol–water partition coefficient (Wildman–Crippen LogP) is 4.66. The highest BCUT2D eigenvalue weighted by molar-refractivity contribution is 6.07. The Bertz CT molecular complexity index is 1240. The summed E-state index contributed by atoms with van der Waals surface area (Å²) in [6.45, 7) is 0.570. The van der Waals surface area contributed by atoms with Gasteiger partial charge >= 0.3 is 0 Å². The summed E-state index contributed by atoms with van der Waals surface area (Å²) in [4.78, 5) is 0. The van der Waals surface area contributed by atoms with E-state index in [2.05, 4.69) is 28.8 Å². The van der Waals surface area contributed by atoms with Crippen LogP contribution in [0.5, 0.6) is 5.75 Å². The quantitative estimate of drug-likeness (QED) is 0.483. The molecule has 1 aromatic heterocycles. The standard InChI is InChI=1S/C25H19N3O2/c26-14-19(15-27)13-18-9-11-21(12-10-18)30-17-20(29)16-28-24-7-3-1-5-22(24)23-6-2-4-8-25(23)28/h1-13,20,29H,16-17H2/t20-/m0/s1. The predicted molar refractivity (Wildman–Crippen MR) is 117 cm³/mol. The van der Waals surface area contributed by atoms with Crippen LogP contribution in [0.2, 0.25) is 0 Å². The van der Waals surface area contributed by atoms with Crippen molar-refractivity contribution in [1.82, 2.24) is 4.57 Å². The first-order chi connectivity index (χ1) is 14.7. The van der Waals surface area contributed by atoms with Gasteiger partial charge in [0.25, 0.3) is 0 Å². The molecule has 0 saturated carbocycles. The summed E-state index contributed by atoms with van der Waals surface area (Å²) >= 11 is 0. The zero-order valence-electron chi connectivity index (χ0n) is 16.2. The van der Waals surface area contributed by atoms with Gasteiger partial charge in [-0.3, -0.25) is 0 Å². The van der Waals surface area contributed by atoms with Crippen molar-refractivity contribution in [2.24, 2.45) is 0 Å². The fourth-order valence-corrected chi connectivity index (χ4v) is 3.57. The lowest BCUT2D eigenvalue weighted by atomic mass is 10.1. The average molecular weight is 393 g/mol. The van der Waals surface area contributed by atoms with Crippen molar-refractivity contribution in [3.63, 3.8) is 0 Å². The van der Waals surface area contributed by atoms with Crippen molar-refractivity contribution in [3.8, 4) is 17.9 Å². The number of aliphatic hydroxyl groups excluding tert-OH is 1. The summed E-state index contributed by atoms with van der Waals surface area (Å²) in [6, 6.07) is 27.1. The van der Waals surface area contributed by atoms with Gasteiger partial charge in [-0.05, 0) is 35.9 Å². The molecule has 0 bridgehead atoms. The molecule has 0 saturated heterocycles. The summed E-state index contributed by atoms with van der Waals surface area (Å²) in [5.41, 5.74) is 2.95. The molecule has 4 aromatic rings. The number of hydrogen-bond donors (Lipinski definition) is 1. The highest BCUT2D eigenvalue weighted by Crippen LogP contribution is 2.29. The lowest BCUT2D eigenvalue weighted by Crippen LogP contribution is -2.23. The van der Waals surface area contributed by atoms with Gasteiger partial charge in [0.05, 0.1) is 6.54 Å². The van der Waals surface area contributed by atoms with Gasteiger partial charge in [0.1, 0.15) is 36.2 Å². The van der Waals surface area contributed by atoms with Crippen molar-refractivity contribution in [3.05, 3.63) is 83.9 Å². The molecule has 4 rings (SSSR count). The number of aliphatic hydroxyl groups is 1. The van der Waals surface area contributed by atoms with Gasteiger partial charge in [-0.2, -0.15) is 10.5 Å². The third-order valence-corrected chi connectivity index (χ3v) is 4.95. The van der Waals surface area contributed by atoms with E-state index in [0.29, 0.717) is 12.3 Å². The fraction of sp³-hybridized carbons (Fsp3) is 0.120. The molecule has 30 heavy (non-hydrogen) atoms. The van der Waals surface area contributed by atoms with E-state index in [1.165, 1.54) is 16.8 Å². The van der Waals surface area contributed by atoms with E-state index < -0.39 is 6.10 Å². The second-order valence-corrected chi connectivity index (χ2v) is 6.96. The summed E-state index contributed by atoms with van der Waals surface area (Å²) in [7, 11) is 0. The van der Waals surface area contributed by atoms with E-state index in [4.69, 9.17) is 15.3 Å². The molecule has 0 radical (unpaired) electrons. The number of allylic oxidation sites excluding steroid dienone is 1. The minimum atomic E-state index is -0.687. The molecule has 0 aliphatic heterocycles. The van der Waals surface area contributed by atoms with Crippen molar-refractivity contribution in [2.45, 2.75) is 12.6 Å². The maximum absolute atomic E-state index is 10.6. The van der Waals surface area contributed by atoms with E-state index in [0.717, 1.165) is 16.6 Å². The molecule has 1 heterocycles. The fourth-order valence-electron chi connectivity index (χ4n) is 3.57. The molecule has 146 valence electrons. The highest BCUT2D eigenvalue weighted by Gasteiger charge is 2.13. The molecule has 0 aliphatic carbocycles. The van der Waals surface area contributed by atoms with Crippen molar-refractivity contribution in [2.75, 3.05) is 6.61 Å². The molecule has 3 aromatic carbocycles. The highest BCUT2D eigenvalue weighted by atomic mass is 16.5. The van der Waals surface area contributed by atoms with Crippen molar-refractivity contribution >= 4 is 27.9 Å². The first kappa shape index (κ1) is 19.3. The number of para-hydroxylation sites is 2. The van der Waals surface area contributed by atoms with Crippen LogP contribution in [0.1, 0.15) is 5.56 Å². The SMILES string of the molecule is N#CC(C#N)=Cc1ccc(OC[C@@H](O)Cn2c3ccccc3c3ccccc32)cc1. The van der Waals surface area contributed by atoms with Crippen molar-refractivity contribution in [1.29, 1.82) is 10.5 Å². The molecule has 0 aliphatic rings. The molecular weight excluding hydrogens is 374 g/mol. The summed E-state index contributed by atoms with van der Waals surface area (Å²) < 4.78 is 7.86. The Morgan fingerprint density at radius 1 is 0.900 bits per heavy atom. The number of nitrogens with zero attached hydrogens (tertiary/aromatic N) is 3. The van der Waals surface area contributed by atoms with Crippen LogP contribution < -0.4 is 4.74 Å². The number of ether oxygens (including phenoxy) is 1. The molecule has 0 amide bonds. The van der Waals surface area contributed by atoms with Gasteiger partial charge in [0.2, 0.25) is 0 Å². The molecule has 0 spiro atoms. The number of nitriles is 2. The van der Waals surface area contributed by atoms with Crippen molar-refractivity contribution < 1.29 is 9.84 Å². The van der Waals surface area contributed by atoms with Gasteiger partial charge in [0, 0.05) is 21.8 Å². The van der Waals surface area contributed by atoms with Crippen LogP contribution in [0.25, 0.3) is 27.9 Å². The molecule has 0 unspecified atom stereocenters. The van der Waals surface area contributed by atoms with Crippen LogP contribution in [0.15, 0.2) is 78.4 Å². The Hall–Kier alpha value is -4.06. The van der Waals surface area contributed by atoms with E-state index in [1.54, 1.807) is 24.3 Å². The Morgan fingerprint density at radius 3 is 2.03 bits per heavy atom. The topological polar surface area (TPSA) is 82.0 Å². The second-order valence-electron chi connectivity index (χ2n) is 6.96. The normalized spacial score (nSPS) is 11.6. The second kappa shape index (κ2) is 8.53. The smallest absolute Gasteiger partial charge is 0.130 e. The monoisotopic (exact) mass is 393 g/mol. The van der Waals surface area contributed by atoms with Gasteiger partial charge in [-0.25, -0.2) is 0 Å². The van der Waals surface area contributed by atoms with Crippen LogP contribution in [-0.2, 0) is 6.54 Å². The van der Waals surface area contributed by atoms with E-state index in [9.17, 15) is 5.11 Å². The number of benzene rings is 3. The van der Waals surface area contributed by atoms with Gasteiger partial charge < -0.3 is 14.4 Å². The molecular formula is C25H19N3O2. The number of hydrogen-bond acceptors (Lipinski definition) is 4. The number of fused-ring (bicyclic) bond motifs is 3. The average Bonchev–Trinajstić information content (AvgIpc) is 3.11. The molecule has 0 fully saturated rings. The van der Waals surface area contributed by atoms with E-state index in [-0.39, 0.29) is 12.2 Å². The summed E-state index contributed by atoms with van der Waals surface area (Å²) in [5, 5.41) is 30.6. The zero-order valence-corrected chi connectivity index (χ0v) is 16.2. The third kappa shape index (κ3) is 3.89. The first-order valence-corrected chi connectivity index (χ1v) is 9.58. The number of rotatable bonds is 6. The van der Waals surface area contributed by atoms with E-state index >= 15 is 0 Å². The Kier molecular flexibility index (Phi) is 5.48. The van der Waals surface area contributed by atoms with Gasteiger partial charge in [0.15, 0.2) is 0 Å². The summed E-state index contributed by atoms with van der Waals surface area (Å²) in [5.74, 6) is 0.615. The Balaban J connectivity index is 1.47. The first-order valence-electron chi connectivity index (χ1n) is 9.58. The minimum Gasteiger partial charge on any atom is -0.491 e. The number of aromatic nitrogens is 1. The van der Waals surface area contributed by atoms with Gasteiger partial charge in [-0.15, -0.1) is 0 Å². The van der Waals surface area contributed by atoms with Crippen LogP contribution in [0, 0.1) is 22.7 Å². The molecule has 5 heteroatoms. The van der Waals surface area contributed by atoms with Crippen LogP contribution in [0.3, 0.4) is 0 Å². The van der Waals surface area contributed by atoms with Crippen LogP contribution in [-0.4, -0.2) is 22.4 Å². The Labute approximate surface area is 174 Å². The maximum Gasteiger partial charge on any atom is 0.130 e. The minimum absolute atomic E-state index is 0.0465. The molecule has 1 atom stereocenters. The van der Waals surface area contributed by atoms with Crippen LogP contribution >= 0.6 is 0 Å². The third-order valence-electron chi connectivity index (χ3n) is 4.95. The lowest BCUT2D eigenvalue weighted by molar-refractivity contribution is 0.0945. The molecule has 1 N–H and O–H groups in total.